The first-order chi connectivity index (χ1) is 24.2. The average Bonchev–Trinajstić information content (AvgIpc) is 3.87. The van der Waals surface area contributed by atoms with E-state index in [9.17, 15) is 14.4 Å². The van der Waals surface area contributed by atoms with Gasteiger partial charge in [0.05, 0.1) is 16.2 Å². The molecular formula is C45H50O6. The predicted molar refractivity (Wildman–Crippen MR) is 199 cm³/mol. The highest BCUT2D eigenvalue weighted by atomic mass is 16.6. The summed E-state index contributed by atoms with van der Waals surface area (Å²) in [5, 5.41) is 0. The van der Waals surface area contributed by atoms with Crippen molar-refractivity contribution in [2.75, 3.05) is 0 Å². The van der Waals surface area contributed by atoms with Crippen LogP contribution in [0.15, 0.2) is 103 Å². The van der Waals surface area contributed by atoms with Crippen LogP contribution in [0.2, 0.25) is 0 Å². The summed E-state index contributed by atoms with van der Waals surface area (Å²) in [6.45, 7) is 11.4. The second-order valence-electron chi connectivity index (χ2n) is 16.4. The number of rotatable bonds is 8. The molecule has 1 saturated carbocycles. The fraction of sp³-hybridized carbons (Fsp3) is 0.400. The largest absolute Gasteiger partial charge is 0.426 e. The van der Waals surface area contributed by atoms with Crippen molar-refractivity contribution in [2.45, 2.75) is 97.8 Å². The molecule has 2 aliphatic heterocycles. The molecule has 4 bridgehead atoms. The van der Waals surface area contributed by atoms with Crippen LogP contribution in [-0.4, -0.2) is 17.9 Å². The summed E-state index contributed by atoms with van der Waals surface area (Å²) in [6.07, 6.45) is 5.44. The van der Waals surface area contributed by atoms with Gasteiger partial charge < -0.3 is 14.2 Å². The van der Waals surface area contributed by atoms with Gasteiger partial charge in [-0.2, -0.15) is 0 Å². The Morgan fingerprint density at radius 3 is 1.86 bits per heavy atom. The normalized spacial score (nSPS) is 19.2. The van der Waals surface area contributed by atoms with E-state index in [4.69, 9.17) is 14.2 Å². The van der Waals surface area contributed by atoms with E-state index in [2.05, 4.69) is 36.4 Å². The van der Waals surface area contributed by atoms with E-state index < -0.39 is 34.2 Å². The molecule has 266 valence electrons. The van der Waals surface area contributed by atoms with Crippen LogP contribution in [0, 0.1) is 16.2 Å². The lowest BCUT2D eigenvalue weighted by atomic mass is 9.71. The van der Waals surface area contributed by atoms with Gasteiger partial charge >= 0.3 is 17.9 Å². The van der Waals surface area contributed by atoms with E-state index in [0.29, 0.717) is 19.3 Å². The van der Waals surface area contributed by atoms with E-state index in [1.807, 2.05) is 90.1 Å². The molecule has 2 heterocycles. The van der Waals surface area contributed by atoms with Gasteiger partial charge in [0, 0.05) is 18.2 Å². The summed E-state index contributed by atoms with van der Waals surface area (Å²) in [6, 6.07) is 33.5. The van der Waals surface area contributed by atoms with Gasteiger partial charge in [-0.15, -0.1) is 0 Å². The molecule has 6 nitrogen and oxygen atoms in total. The molecule has 6 heteroatoms. The van der Waals surface area contributed by atoms with Crippen LogP contribution in [0.1, 0.15) is 102 Å². The number of fused-ring (bicyclic) bond motifs is 8. The first kappa shape index (κ1) is 36.1. The third-order valence-electron chi connectivity index (χ3n) is 11.0. The summed E-state index contributed by atoms with van der Waals surface area (Å²) in [5.74, 6) is -0.968. The van der Waals surface area contributed by atoms with E-state index in [1.165, 1.54) is 29.3 Å². The number of esters is 3. The fourth-order valence-electron chi connectivity index (χ4n) is 7.40. The fourth-order valence-corrected chi connectivity index (χ4v) is 7.40. The lowest BCUT2D eigenvalue weighted by Gasteiger charge is -2.34. The molecule has 1 unspecified atom stereocenters. The number of carbonyl (C=O) groups is 3. The summed E-state index contributed by atoms with van der Waals surface area (Å²) < 4.78 is 18.1. The van der Waals surface area contributed by atoms with E-state index >= 15 is 0 Å². The quantitative estimate of drug-likeness (QED) is 0.136. The summed E-state index contributed by atoms with van der Waals surface area (Å²) >= 11 is 0. The van der Waals surface area contributed by atoms with Crippen molar-refractivity contribution >= 4 is 17.9 Å². The lowest BCUT2D eigenvalue weighted by Crippen LogP contribution is -2.36. The van der Waals surface area contributed by atoms with Crippen LogP contribution in [0.4, 0.5) is 0 Å². The number of benzene rings is 4. The third-order valence-corrected chi connectivity index (χ3v) is 11.0. The minimum atomic E-state index is -0.935. The Labute approximate surface area is 302 Å². The minimum Gasteiger partial charge on any atom is -0.426 e. The number of carbonyl (C=O) groups excluding carboxylic acids is 3. The number of aryl methyl sites for hydroxylation is 2. The maximum absolute atomic E-state index is 14.2. The zero-order valence-corrected chi connectivity index (χ0v) is 30.8. The monoisotopic (exact) mass is 686 g/mol. The number of hydrogen-bond acceptors (Lipinski definition) is 6. The second kappa shape index (κ2) is 14.1. The van der Waals surface area contributed by atoms with Crippen LogP contribution in [0.5, 0.6) is 17.2 Å². The summed E-state index contributed by atoms with van der Waals surface area (Å²) in [7, 11) is 0. The van der Waals surface area contributed by atoms with E-state index in [1.54, 1.807) is 0 Å². The molecule has 4 aromatic carbocycles. The van der Waals surface area contributed by atoms with E-state index in [0.717, 1.165) is 36.8 Å². The first-order valence-corrected chi connectivity index (χ1v) is 18.2. The lowest BCUT2D eigenvalue weighted by molar-refractivity contribution is -0.145. The smallest absolute Gasteiger partial charge is 0.317 e. The molecule has 1 spiro atoms. The van der Waals surface area contributed by atoms with Crippen molar-refractivity contribution in [1.82, 2.24) is 0 Å². The molecular weight excluding hydrogens is 636 g/mol. The van der Waals surface area contributed by atoms with Crippen LogP contribution >= 0.6 is 0 Å². The van der Waals surface area contributed by atoms with Crippen LogP contribution in [-0.2, 0) is 32.6 Å². The highest BCUT2D eigenvalue weighted by Crippen LogP contribution is 2.55. The Morgan fingerprint density at radius 2 is 1.29 bits per heavy atom. The highest BCUT2D eigenvalue weighted by molar-refractivity contribution is 5.82. The Hall–Kier alpha value is -4.71. The van der Waals surface area contributed by atoms with Crippen LogP contribution in [0.25, 0.3) is 0 Å². The standard InChI is InChI=1S/C45H50O6/c1-42(2,24-23-32-15-11-8-12-16-32)39(46)49-35-27-36-29-37(28-35)51-41(48)44(5,6)38(22-17-31-13-9-7-10-14-31)33-18-20-34(21-19-33)45(25-26-45)30-43(3,4)40(47)50-36/h7-16,18-21,27-29,38H,17,22-26,30H2,1-6H3. The van der Waals surface area contributed by atoms with E-state index in [-0.39, 0.29) is 28.6 Å². The molecule has 0 radical (unpaired) electrons. The molecule has 1 atom stereocenters. The van der Waals surface area contributed by atoms with Crippen molar-refractivity contribution in [3.8, 4) is 17.2 Å². The van der Waals surface area contributed by atoms with Gasteiger partial charge in [-0.3, -0.25) is 14.4 Å². The molecule has 0 saturated heterocycles. The number of hydrogen-bond donors (Lipinski definition) is 0. The highest BCUT2D eigenvalue weighted by Gasteiger charge is 2.50. The van der Waals surface area contributed by atoms with Gasteiger partial charge in [0.1, 0.15) is 17.2 Å². The van der Waals surface area contributed by atoms with Crippen LogP contribution in [0.3, 0.4) is 0 Å². The topological polar surface area (TPSA) is 78.9 Å². The van der Waals surface area contributed by atoms with Gasteiger partial charge in [-0.25, -0.2) is 0 Å². The molecule has 1 fully saturated rings. The molecule has 0 N–H and O–H groups in total. The number of ether oxygens (including phenoxy) is 3. The molecule has 51 heavy (non-hydrogen) atoms. The van der Waals surface area contributed by atoms with Crippen molar-refractivity contribution in [1.29, 1.82) is 0 Å². The third kappa shape index (κ3) is 8.27. The van der Waals surface area contributed by atoms with Crippen molar-refractivity contribution < 1.29 is 28.6 Å². The predicted octanol–water partition coefficient (Wildman–Crippen LogP) is 9.97. The average molecular weight is 687 g/mol. The molecule has 1 aliphatic carbocycles. The Kier molecular flexibility index (Phi) is 10.0. The minimum absolute atomic E-state index is 0.111. The van der Waals surface area contributed by atoms with Gasteiger partial charge in [0.2, 0.25) is 0 Å². The van der Waals surface area contributed by atoms with Crippen molar-refractivity contribution in [2.24, 2.45) is 16.2 Å². The summed E-state index contributed by atoms with van der Waals surface area (Å²) in [5.41, 5.74) is 1.95. The molecule has 3 aliphatic rings. The Balaban J connectivity index is 1.33. The van der Waals surface area contributed by atoms with Gasteiger partial charge in [0.15, 0.2) is 0 Å². The molecule has 7 rings (SSSR count). The SMILES string of the molecule is CC(C)(CCc1ccccc1)C(=O)Oc1cc2cc(c1)OC(=O)C(C)(C)C(CCc1ccccc1)c1ccc(cc1)C1(CC1)CC(C)(C)C(=O)O2. The van der Waals surface area contributed by atoms with Crippen molar-refractivity contribution in [3.63, 3.8) is 0 Å². The van der Waals surface area contributed by atoms with Gasteiger partial charge in [-0.1, -0.05) is 84.9 Å². The maximum atomic E-state index is 14.2. The Bertz CT molecular complexity index is 1870. The molecule has 0 aromatic heterocycles. The molecule has 4 aromatic rings. The van der Waals surface area contributed by atoms with Crippen molar-refractivity contribution in [3.05, 3.63) is 125 Å². The van der Waals surface area contributed by atoms with Crippen LogP contribution < -0.4 is 14.2 Å². The first-order valence-electron chi connectivity index (χ1n) is 18.2. The zero-order chi connectivity index (χ0) is 36.4. The Morgan fingerprint density at radius 1 is 0.745 bits per heavy atom. The summed E-state index contributed by atoms with van der Waals surface area (Å²) in [4.78, 5) is 41.6. The zero-order valence-electron chi connectivity index (χ0n) is 30.8. The molecule has 0 amide bonds. The maximum Gasteiger partial charge on any atom is 0.317 e. The van der Waals surface area contributed by atoms with Gasteiger partial charge in [-0.05, 0) is 120 Å². The van der Waals surface area contributed by atoms with Gasteiger partial charge in [0.25, 0.3) is 0 Å². The second-order valence-corrected chi connectivity index (χ2v) is 16.4.